The van der Waals surface area contributed by atoms with Crippen molar-refractivity contribution in [1.29, 1.82) is 0 Å². The molecule has 1 amide bonds. The van der Waals surface area contributed by atoms with Crippen LogP contribution in [0.5, 0.6) is 0 Å². The summed E-state index contributed by atoms with van der Waals surface area (Å²) < 4.78 is 6.61. The van der Waals surface area contributed by atoms with Crippen molar-refractivity contribution >= 4 is 5.91 Å². The molecule has 2 aliphatic rings. The maximum atomic E-state index is 12.8. The maximum absolute atomic E-state index is 12.8. The van der Waals surface area contributed by atoms with Crippen LogP contribution in [0.2, 0.25) is 0 Å². The fourth-order valence-electron chi connectivity index (χ4n) is 3.50. The van der Waals surface area contributed by atoms with Gasteiger partial charge in [-0.15, -0.1) is 0 Å². The molecule has 0 saturated carbocycles. The van der Waals surface area contributed by atoms with Crippen LogP contribution in [0.15, 0.2) is 0 Å². The summed E-state index contributed by atoms with van der Waals surface area (Å²) >= 11 is 0. The van der Waals surface area contributed by atoms with Gasteiger partial charge < -0.3 is 14.5 Å². The highest BCUT2D eigenvalue weighted by molar-refractivity contribution is 5.91. The predicted octanol–water partition coefficient (Wildman–Crippen LogP) is 0.662. The van der Waals surface area contributed by atoms with E-state index in [4.69, 9.17) is 4.74 Å². The third kappa shape index (κ3) is 3.15. The van der Waals surface area contributed by atoms with Crippen LogP contribution in [-0.4, -0.2) is 69.8 Å². The van der Waals surface area contributed by atoms with Crippen molar-refractivity contribution in [2.75, 3.05) is 33.3 Å². The molecule has 0 bridgehead atoms. The van der Waals surface area contributed by atoms with E-state index in [1.165, 1.54) is 25.9 Å². The summed E-state index contributed by atoms with van der Waals surface area (Å²) in [6.07, 6.45) is 4.73. The molecule has 122 valence electrons. The smallest absolute Gasteiger partial charge is 0.291 e. The minimum atomic E-state index is -0.000880. The SMILES string of the molecule is COCc1nc(C(=O)N2CCCC2CN2CCCC2)n(C)n1. The summed E-state index contributed by atoms with van der Waals surface area (Å²) in [7, 11) is 3.37. The van der Waals surface area contributed by atoms with E-state index in [1.54, 1.807) is 18.8 Å². The summed E-state index contributed by atoms with van der Waals surface area (Å²) in [6, 6.07) is 0.313. The second kappa shape index (κ2) is 6.75. The summed E-state index contributed by atoms with van der Waals surface area (Å²) in [5, 5.41) is 4.24. The molecule has 0 N–H and O–H groups in total. The summed E-state index contributed by atoms with van der Waals surface area (Å²) in [5.41, 5.74) is 0. The predicted molar refractivity (Wildman–Crippen MR) is 81.4 cm³/mol. The maximum Gasteiger partial charge on any atom is 0.291 e. The number of carbonyl (C=O) groups is 1. The lowest BCUT2D eigenvalue weighted by atomic mass is 10.2. The number of hydrogen-bond donors (Lipinski definition) is 0. The molecule has 0 radical (unpaired) electrons. The molecule has 7 nitrogen and oxygen atoms in total. The van der Waals surface area contributed by atoms with E-state index >= 15 is 0 Å². The molecule has 1 aromatic rings. The number of aryl methyl sites for hydroxylation is 1. The number of aromatic nitrogens is 3. The fraction of sp³-hybridized carbons (Fsp3) is 0.800. The van der Waals surface area contributed by atoms with Gasteiger partial charge in [-0.25, -0.2) is 9.67 Å². The van der Waals surface area contributed by atoms with Gasteiger partial charge in [-0.3, -0.25) is 4.79 Å². The first-order chi connectivity index (χ1) is 10.7. The van der Waals surface area contributed by atoms with Gasteiger partial charge in [0.05, 0.1) is 0 Å². The minimum absolute atomic E-state index is 0.000880. The van der Waals surface area contributed by atoms with Crippen molar-refractivity contribution in [3.8, 4) is 0 Å². The van der Waals surface area contributed by atoms with Crippen LogP contribution in [0, 0.1) is 0 Å². The van der Waals surface area contributed by atoms with Crippen LogP contribution in [0.25, 0.3) is 0 Å². The Hall–Kier alpha value is -1.47. The fourth-order valence-corrected chi connectivity index (χ4v) is 3.50. The Bertz CT molecular complexity index is 524. The molecule has 22 heavy (non-hydrogen) atoms. The number of carbonyl (C=O) groups excluding carboxylic acids is 1. The number of ether oxygens (including phenoxy) is 1. The molecule has 3 rings (SSSR count). The van der Waals surface area contributed by atoms with E-state index in [0.29, 0.717) is 24.3 Å². The topological polar surface area (TPSA) is 63.5 Å². The van der Waals surface area contributed by atoms with Crippen LogP contribution >= 0.6 is 0 Å². The van der Waals surface area contributed by atoms with Gasteiger partial charge in [0.1, 0.15) is 6.61 Å². The molecule has 1 atom stereocenters. The van der Waals surface area contributed by atoms with E-state index in [1.807, 2.05) is 4.90 Å². The normalized spacial score (nSPS) is 22.6. The van der Waals surface area contributed by atoms with Gasteiger partial charge in [-0.1, -0.05) is 0 Å². The average molecular weight is 307 g/mol. The molecule has 3 heterocycles. The number of rotatable bonds is 5. The Labute approximate surface area is 131 Å². The van der Waals surface area contributed by atoms with Crippen LogP contribution in [0.4, 0.5) is 0 Å². The van der Waals surface area contributed by atoms with Crippen LogP contribution in [-0.2, 0) is 18.4 Å². The molecule has 0 aliphatic carbocycles. The Morgan fingerprint density at radius 2 is 2.05 bits per heavy atom. The van der Waals surface area contributed by atoms with Crippen molar-refractivity contribution in [3.05, 3.63) is 11.6 Å². The monoisotopic (exact) mass is 307 g/mol. The van der Waals surface area contributed by atoms with Gasteiger partial charge in [0, 0.05) is 33.3 Å². The molecular formula is C15H25N5O2. The van der Waals surface area contributed by atoms with Crippen molar-refractivity contribution in [2.24, 2.45) is 7.05 Å². The zero-order valence-electron chi connectivity index (χ0n) is 13.5. The van der Waals surface area contributed by atoms with Gasteiger partial charge in [0.25, 0.3) is 5.91 Å². The Morgan fingerprint density at radius 3 is 2.77 bits per heavy atom. The van der Waals surface area contributed by atoms with E-state index in [9.17, 15) is 4.79 Å². The van der Waals surface area contributed by atoms with Crippen molar-refractivity contribution in [2.45, 2.75) is 38.3 Å². The first-order valence-corrected chi connectivity index (χ1v) is 8.11. The molecule has 1 aromatic heterocycles. The largest absolute Gasteiger partial charge is 0.377 e. The Balaban J connectivity index is 1.69. The number of methoxy groups -OCH3 is 1. The van der Waals surface area contributed by atoms with Crippen molar-refractivity contribution in [1.82, 2.24) is 24.6 Å². The lowest BCUT2D eigenvalue weighted by Gasteiger charge is -2.28. The van der Waals surface area contributed by atoms with Crippen molar-refractivity contribution in [3.63, 3.8) is 0 Å². The van der Waals surface area contributed by atoms with Crippen LogP contribution in [0.3, 0.4) is 0 Å². The van der Waals surface area contributed by atoms with E-state index < -0.39 is 0 Å². The molecule has 7 heteroatoms. The van der Waals surface area contributed by atoms with Gasteiger partial charge >= 0.3 is 0 Å². The number of likely N-dealkylation sites (tertiary alicyclic amines) is 2. The highest BCUT2D eigenvalue weighted by Gasteiger charge is 2.33. The van der Waals surface area contributed by atoms with E-state index in [2.05, 4.69) is 15.0 Å². The van der Waals surface area contributed by atoms with Crippen LogP contribution < -0.4 is 0 Å². The van der Waals surface area contributed by atoms with Crippen molar-refractivity contribution < 1.29 is 9.53 Å². The lowest BCUT2D eigenvalue weighted by Crippen LogP contribution is -2.43. The zero-order valence-corrected chi connectivity index (χ0v) is 13.5. The third-order valence-electron chi connectivity index (χ3n) is 4.58. The van der Waals surface area contributed by atoms with Crippen LogP contribution in [0.1, 0.15) is 42.1 Å². The van der Waals surface area contributed by atoms with E-state index in [-0.39, 0.29) is 5.91 Å². The standard InChI is InChI=1S/C15H25N5O2/c1-18-14(16-13(17-18)11-22-2)15(21)20-9-5-6-12(20)10-19-7-3-4-8-19/h12H,3-11H2,1-2H3. The van der Waals surface area contributed by atoms with E-state index in [0.717, 1.165) is 25.9 Å². The highest BCUT2D eigenvalue weighted by atomic mass is 16.5. The van der Waals surface area contributed by atoms with Gasteiger partial charge in [0.15, 0.2) is 5.82 Å². The number of nitrogens with zero attached hydrogens (tertiary/aromatic N) is 5. The molecule has 2 fully saturated rings. The third-order valence-corrected chi connectivity index (χ3v) is 4.58. The highest BCUT2D eigenvalue weighted by Crippen LogP contribution is 2.22. The first-order valence-electron chi connectivity index (χ1n) is 8.11. The Morgan fingerprint density at radius 1 is 1.27 bits per heavy atom. The summed E-state index contributed by atoms with van der Waals surface area (Å²) in [4.78, 5) is 21.6. The molecular weight excluding hydrogens is 282 g/mol. The van der Waals surface area contributed by atoms with Gasteiger partial charge in [-0.2, -0.15) is 5.10 Å². The van der Waals surface area contributed by atoms with Gasteiger partial charge in [-0.05, 0) is 38.8 Å². The first kappa shape index (κ1) is 15.4. The molecule has 0 spiro atoms. The quantitative estimate of drug-likeness (QED) is 0.800. The molecule has 2 aliphatic heterocycles. The summed E-state index contributed by atoms with van der Waals surface area (Å²) in [5.74, 6) is 0.975. The summed E-state index contributed by atoms with van der Waals surface area (Å²) in [6.45, 7) is 4.48. The lowest BCUT2D eigenvalue weighted by molar-refractivity contribution is 0.0691. The molecule has 0 aromatic carbocycles. The molecule has 2 saturated heterocycles. The minimum Gasteiger partial charge on any atom is -0.377 e. The second-order valence-electron chi connectivity index (χ2n) is 6.21. The zero-order chi connectivity index (χ0) is 15.5. The average Bonchev–Trinajstić information content (AvgIpc) is 3.21. The number of amides is 1. The Kier molecular flexibility index (Phi) is 4.73. The number of hydrogen-bond acceptors (Lipinski definition) is 5. The second-order valence-corrected chi connectivity index (χ2v) is 6.21. The van der Waals surface area contributed by atoms with Gasteiger partial charge in [0.2, 0.25) is 5.82 Å². The molecule has 1 unspecified atom stereocenters.